The number of rotatable bonds is 61. The van der Waals surface area contributed by atoms with Crippen LogP contribution in [0.2, 0.25) is 0 Å². The van der Waals surface area contributed by atoms with Gasteiger partial charge in [0.15, 0.2) is 0 Å². The van der Waals surface area contributed by atoms with Crippen LogP contribution < -0.4 is 48.3 Å². The highest BCUT2D eigenvalue weighted by Gasteiger charge is 2.45. The number of unbranched alkanes of at least 4 members (excludes halogenated alkanes) is 2. The number of urea groups is 1. The van der Waals surface area contributed by atoms with Gasteiger partial charge in [0.25, 0.3) is 11.8 Å². The van der Waals surface area contributed by atoms with Crippen LogP contribution in [-0.2, 0) is 107 Å². The van der Waals surface area contributed by atoms with Crippen molar-refractivity contribution in [2.24, 2.45) is 35.3 Å². The maximum atomic E-state index is 14.9. The van der Waals surface area contributed by atoms with Crippen LogP contribution in [0.1, 0.15) is 170 Å². The Morgan fingerprint density at radius 2 is 1.22 bits per heavy atom. The van der Waals surface area contributed by atoms with E-state index in [1.165, 1.54) is 26.2 Å². The molecule has 14 atom stereocenters. The molecule has 1 unspecified atom stereocenters. The van der Waals surface area contributed by atoms with E-state index in [4.69, 9.17) is 38.9 Å². The lowest BCUT2D eigenvalue weighted by molar-refractivity contribution is -0.148. The molecule has 2 saturated heterocycles. The quantitative estimate of drug-likeness (QED) is 0.0333. The maximum absolute atomic E-state index is 14.9. The summed E-state index contributed by atoms with van der Waals surface area (Å²) in [4.78, 5) is 217. The molecule has 16 amide bonds. The number of likely N-dealkylation sites (N-methyl/N-ethyl adjacent to an activating group) is 2. The van der Waals surface area contributed by atoms with Gasteiger partial charge in [0, 0.05) is 110 Å². The Morgan fingerprint density at radius 3 is 1.81 bits per heavy atom. The number of carboxylic acid groups (broad SMARTS) is 1. The normalized spacial score (nSPS) is 17.3. The molecule has 3 aliphatic heterocycles. The minimum atomic E-state index is -1.37. The number of carbonyl (C=O) groups excluding carboxylic acids is 15. The number of ether oxygens (including phenoxy) is 7. The van der Waals surface area contributed by atoms with Crippen molar-refractivity contribution >= 4 is 112 Å². The molecule has 0 spiro atoms. The number of aliphatic hydroxyl groups excluding tert-OH is 1. The lowest BCUT2D eigenvalue weighted by Crippen LogP contribution is -2.60. The van der Waals surface area contributed by atoms with E-state index in [0.717, 1.165) is 38.6 Å². The Balaban J connectivity index is 1.03. The summed E-state index contributed by atoms with van der Waals surface area (Å²) in [5.41, 5.74) is 6.73. The highest BCUT2D eigenvalue weighted by atomic mass is 32.2. The van der Waals surface area contributed by atoms with Gasteiger partial charge in [-0.15, -0.1) is 11.8 Å². The first-order valence-electron chi connectivity index (χ1n) is 44.3. The summed E-state index contributed by atoms with van der Waals surface area (Å²) in [5.74, 6) is -10.1. The molecule has 12 N–H and O–H groups in total. The molecule has 2 aromatic carbocycles. The van der Waals surface area contributed by atoms with Gasteiger partial charge in [0.05, 0.1) is 107 Å². The number of carbonyl (C=O) groups is 16. The van der Waals surface area contributed by atoms with Crippen molar-refractivity contribution in [3.8, 4) is 0 Å². The number of aliphatic hydroxyl groups is 1. The summed E-state index contributed by atoms with van der Waals surface area (Å²) >= 11 is 0.939. The number of hydrogen-bond acceptors (Lipinski definition) is 25. The number of primary amides is 1. The average Bonchev–Trinajstić information content (AvgIpc) is 1.73. The number of nitrogens with one attached hydrogen (secondary N) is 8. The molecule has 0 radical (unpaired) electrons. The fourth-order valence-corrected chi connectivity index (χ4v) is 16.4. The highest BCUT2D eigenvalue weighted by molar-refractivity contribution is 8.00. The number of nitrogens with zero attached hydrogens (tertiary/aromatic N) is 5. The lowest BCUT2D eigenvalue weighted by Gasteiger charge is -2.41. The van der Waals surface area contributed by atoms with E-state index in [1.807, 2.05) is 32.0 Å². The van der Waals surface area contributed by atoms with Crippen LogP contribution in [0, 0.1) is 29.6 Å². The van der Waals surface area contributed by atoms with Crippen LogP contribution in [0.15, 0.2) is 66.7 Å². The Bertz CT molecular complexity index is 4020. The van der Waals surface area contributed by atoms with E-state index < -0.39 is 173 Å². The zero-order valence-corrected chi connectivity index (χ0v) is 77.8. The number of methoxy groups -OCH3 is 2. The van der Waals surface area contributed by atoms with Gasteiger partial charge in [0.1, 0.15) is 36.8 Å². The number of likely N-dealkylation sites (tertiary alicyclic amines) is 2. The van der Waals surface area contributed by atoms with Gasteiger partial charge in [-0.1, -0.05) is 118 Å². The number of hydrogen-bond donors (Lipinski definition) is 11. The molecule has 3 heterocycles. The molecular formula is C89H138N14O25S. The first-order chi connectivity index (χ1) is 61.3. The topological polar surface area (TPSA) is 517 Å². The van der Waals surface area contributed by atoms with Gasteiger partial charge in [-0.05, 0) is 92.4 Å². The zero-order chi connectivity index (χ0) is 95.6. The summed E-state index contributed by atoms with van der Waals surface area (Å²) in [7, 11) is 6.03. The van der Waals surface area contributed by atoms with Crippen molar-refractivity contribution in [1.82, 2.24) is 61.7 Å². The van der Waals surface area contributed by atoms with Crippen LogP contribution in [0.4, 0.5) is 15.3 Å². The minimum Gasteiger partial charge on any atom is -0.480 e. The van der Waals surface area contributed by atoms with E-state index in [1.54, 1.807) is 104 Å². The summed E-state index contributed by atoms with van der Waals surface area (Å²) in [6.45, 7) is 19.9. The van der Waals surface area contributed by atoms with Crippen molar-refractivity contribution < 1.29 is 120 Å². The molecule has 2 aromatic rings. The molecule has 40 heteroatoms. The fraction of sp³-hybridized carbons (Fsp3) is 0.663. The zero-order valence-electron chi connectivity index (χ0n) is 77.0. The molecule has 2 fully saturated rings. The van der Waals surface area contributed by atoms with Gasteiger partial charge >= 0.3 is 18.1 Å². The summed E-state index contributed by atoms with van der Waals surface area (Å²) in [6.07, 6.45) is 1.60. The van der Waals surface area contributed by atoms with Gasteiger partial charge in [-0.3, -0.25) is 77.0 Å². The van der Waals surface area contributed by atoms with E-state index in [0.29, 0.717) is 61.9 Å². The summed E-state index contributed by atoms with van der Waals surface area (Å²) in [6, 6.07) is 6.89. The van der Waals surface area contributed by atoms with Crippen LogP contribution >= 0.6 is 11.8 Å². The maximum Gasteiger partial charge on any atom is 0.410 e. The first kappa shape index (κ1) is 109. The Hall–Kier alpha value is -10.2. The number of carboxylic acids is 1. The molecule has 3 aliphatic rings. The number of anilines is 1. The van der Waals surface area contributed by atoms with Gasteiger partial charge in [0.2, 0.25) is 65.0 Å². The van der Waals surface area contributed by atoms with E-state index >= 15 is 0 Å². The van der Waals surface area contributed by atoms with Crippen LogP contribution in [-0.4, -0.2) is 315 Å². The second kappa shape index (κ2) is 57.1. The number of aliphatic carboxylic acids is 1. The average molecular weight is 1840 g/mol. The van der Waals surface area contributed by atoms with Crippen LogP contribution in [0.3, 0.4) is 0 Å². The third-order valence-electron chi connectivity index (χ3n) is 22.7. The van der Waals surface area contributed by atoms with Gasteiger partial charge in [-0.2, -0.15) is 0 Å². The van der Waals surface area contributed by atoms with E-state index in [-0.39, 0.29) is 160 Å². The third-order valence-corrected chi connectivity index (χ3v) is 24.0. The van der Waals surface area contributed by atoms with Crippen LogP contribution in [0.25, 0.3) is 0 Å². The molecule has 39 nitrogen and oxygen atoms in total. The lowest BCUT2D eigenvalue weighted by atomic mass is 9.89. The molecule has 0 saturated carbocycles. The predicted octanol–water partition coefficient (Wildman–Crippen LogP) is 3.47. The standard InChI is InChI=1S/C89H138N14O25S/c1-15-57(8)78(66(122-13)50-73(109)101-40-23-27-65(101)80(123-14)58(9)81(112)93-59(10)79(111)61-24-18-16-19-25-61)99(11)86(117)76(55(4)5)98-84(115)77(56(6)7)100(12)89(121)128-52-60-29-31-62(32-30-60)94-82(113)63(26-22-37-92-88(90)120)96-83(114)75(54(2)3)97-69(105)28-20-17-21-39-103-74(110)51-67(85(103)116)129-53-64(87(118)119)95-70(106)36-42-124-44-46-126-48-49-127-47-45-125-43-38-91-68(104)35-41-102-71(107)33-34-72(102)108/h16,18-19,24-25,29-34,54-59,63-67,75-80,111H,15,17,20-23,26-28,35-53H2,1-14H3,(H,91,104)(H,93,112)(H,94,113)(H,95,106)(H,96,114)(H,97,105)(H,98,115)(H,118,119)(H3,90,92,120)/t57-,58+,59+,63-,64-,65-,66+,67?,75-,76-,77-,78-,79+,80+/m0/s1. The fourth-order valence-electron chi connectivity index (χ4n) is 15.2. The van der Waals surface area contributed by atoms with Crippen LogP contribution in [0.5, 0.6) is 0 Å². The van der Waals surface area contributed by atoms with Crippen molar-refractivity contribution in [3.63, 3.8) is 0 Å². The monoisotopic (exact) mass is 1830 g/mol. The number of thioether (sulfide) groups is 1. The second-order valence-corrected chi connectivity index (χ2v) is 34.7. The third kappa shape index (κ3) is 36.2. The molecule has 0 aromatic heterocycles. The summed E-state index contributed by atoms with van der Waals surface area (Å²) in [5, 5.41) is 41.7. The number of amides is 16. The van der Waals surface area contributed by atoms with Crippen molar-refractivity contribution in [2.45, 2.75) is 231 Å². The molecule has 129 heavy (non-hydrogen) atoms. The predicted molar refractivity (Wildman–Crippen MR) is 476 cm³/mol. The van der Waals surface area contributed by atoms with E-state index in [9.17, 15) is 86.9 Å². The Morgan fingerprint density at radius 1 is 0.605 bits per heavy atom. The molecule has 0 aliphatic carbocycles. The number of benzene rings is 2. The molecule has 5 rings (SSSR count). The molecule has 0 bridgehead atoms. The smallest absolute Gasteiger partial charge is 0.410 e. The van der Waals surface area contributed by atoms with Gasteiger partial charge < -0.3 is 101 Å². The first-order valence-corrected chi connectivity index (χ1v) is 45.4. The number of imide groups is 2. The largest absolute Gasteiger partial charge is 0.480 e. The molecular weight excluding hydrogens is 1700 g/mol. The Kier molecular flexibility index (Phi) is 48.3. The minimum absolute atomic E-state index is 0.00883. The van der Waals surface area contributed by atoms with Crippen molar-refractivity contribution in [1.29, 1.82) is 0 Å². The highest BCUT2D eigenvalue weighted by Crippen LogP contribution is 2.32. The van der Waals surface area contributed by atoms with Crippen molar-refractivity contribution in [2.75, 3.05) is 125 Å². The van der Waals surface area contributed by atoms with E-state index in [2.05, 4.69) is 42.5 Å². The SMILES string of the molecule is CC[C@H](C)[C@@H]([C@@H](CC(=O)N1CCC[C@H]1[C@H](OC)[C@@H](C)C(=O)N[C@H](C)[C@@H](O)c1ccccc1)OC)N(C)C(=O)[C@@H](NC(=O)[C@H](C(C)C)N(C)C(=O)OCc1ccc(NC(=O)[C@H](CCCNC(N)=O)NC(=O)[C@@H](NC(=O)CCCCCN2C(=O)CC(SC[C@H](NC(=O)CCOCCOCCOCCOCCNC(=O)CCN3C(=O)C=CC3=O)C(=O)O)C2=O)C(C)C)cc1)C(C)C. The van der Waals surface area contributed by atoms with Crippen molar-refractivity contribution in [3.05, 3.63) is 77.9 Å². The summed E-state index contributed by atoms with van der Waals surface area (Å²) < 4.78 is 39.6. The second-order valence-electron chi connectivity index (χ2n) is 33.4. The number of nitrogens with two attached hydrogens (primary N) is 1. The van der Waals surface area contributed by atoms with Gasteiger partial charge in [-0.25, -0.2) is 14.4 Å². The Labute approximate surface area is 760 Å². The molecule has 720 valence electrons.